The summed E-state index contributed by atoms with van der Waals surface area (Å²) in [6.07, 6.45) is 4.76. The number of nitrogens with one attached hydrogen (secondary N) is 1. The number of morpholine rings is 1. The lowest BCUT2D eigenvalue weighted by Crippen LogP contribution is -2.35. The molecule has 1 N–H and O–H groups in total. The lowest BCUT2D eigenvalue weighted by Gasteiger charge is -2.25. The van der Waals surface area contributed by atoms with Crippen LogP contribution in [0.5, 0.6) is 0 Å². The topological polar surface area (TPSA) is 50.3 Å². The fourth-order valence-electron chi connectivity index (χ4n) is 1.77. The summed E-state index contributed by atoms with van der Waals surface area (Å²) in [6, 6.07) is 0. The molecule has 2 heterocycles. The Kier molecular flexibility index (Phi) is 4.70. The molecule has 0 radical (unpaired) electrons. The minimum Gasteiger partial charge on any atom is -0.379 e. The van der Waals surface area contributed by atoms with Gasteiger partial charge in [-0.05, 0) is 6.42 Å². The first kappa shape index (κ1) is 12.3. The van der Waals surface area contributed by atoms with Gasteiger partial charge < -0.3 is 10.1 Å². The molecule has 17 heavy (non-hydrogen) atoms. The van der Waals surface area contributed by atoms with Gasteiger partial charge in [0.25, 0.3) is 0 Å². The van der Waals surface area contributed by atoms with Gasteiger partial charge in [0.2, 0.25) is 0 Å². The molecule has 5 heteroatoms. The first-order valence-electron chi connectivity index (χ1n) is 6.23. The van der Waals surface area contributed by atoms with Gasteiger partial charge in [-0.1, -0.05) is 6.92 Å². The highest BCUT2D eigenvalue weighted by Crippen LogP contribution is 2.06. The van der Waals surface area contributed by atoms with Crippen molar-refractivity contribution in [1.29, 1.82) is 0 Å². The van der Waals surface area contributed by atoms with Crippen molar-refractivity contribution in [3.8, 4) is 0 Å². The first-order chi connectivity index (χ1) is 8.38. The number of ether oxygens (including phenoxy) is 1. The van der Waals surface area contributed by atoms with Gasteiger partial charge in [-0.2, -0.15) is 0 Å². The molecular formula is C12H20N4O. The molecule has 1 saturated heterocycles. The molecule has 0 amide bonds. The predicted octanol–water partition coefficient (Wildman–Crippen LogP) is 1.13. The standard InChI is InChI=1S/C12H20N4O/c1-2-3-13-12-9-14-11(8-15-12)10-16-4-6-17-7-5-16/h8-9H,2-7,10H2,1H3,(H,13,15). The van der Waals surface area contributed by atoms with E-state index in [1.807, 2.05) is 12.4 Å². The van der Waals surface area contributed by atoms with Crippen LogP contribution in [-0.4, -0.2) is 47.7 Å². The Morgan fingerprint density at radius 3 is 2.76 bits per heavy atom. The number of nitrogens with zero attached hydrogens (tertiary/aromatic N) is 3. The fourth-order valence-corrected chi connectivity index (χ4v) is 1.77. The molecule has 1 aliphatic rings. The second-order valence-corrected chi connectivity index (χ2v) is 4.21. The quantitative estimate of drug-likeness (QED) is 0.830. The van der Waals surface area contributed by atoms with Gasteiger partial charge in [-0.15, -0.1) is 0 Å². The van der Waals surface area contributed by atoms with E-state index in [0.717, 1.165) is 57.3 Å². The van der Waals surface area contributed by atoms with Gasteiger partial charge in [-0.3, -0.25) is 9.88 Å². The number of hydrogen-bond acceptors (Lipinski definition) is 5. The van der Waals surface area contributed by atoms with Crippen molar-refractivity contribution >= 4 is 5.82 Å². The summed E-state index contributed by atoms with van der Waals surface area (Å²) in [7, 11) is 0. The van der Waals surface area contributed by atoms with E-state index in [9.17, 15) is 0 Å². The van der Waals surface area contributed by atoms with Gasteiger partial charge in [0.05, 0.1) is 31.3 Å². The van der Waals surface area contributed by atoms with Crippen LogP contribution in [0.2, 0.25) is 0 Å². The summed E-state index contributed by atoms with van der Waals surface area (Å²) in [4.78, 5) is 11.1. The molecule has 2 rings (SSSR count). The zero-order valence-electron chi connectivity index (χ0n) is 10.4. The van der Waals surface area contributed by atoms with Crippen LogP contribution in [0.15, 0.2) is 12.4 Å². The monoisotopic (exact) mass is 236 g/mol. The smallest absolute Gasteiger partial charge is 0.144 e. The van der Waals surface area contributed by atoms with E-state index < -0.39 is 0 Å². The fraction of sp³-hybridized carbons (Fsp3) is 0.667. The Balaban J connectivity index is 1.84. The van der Waals surface area contributed by atoms with Gasteiger partial charge >= 0.3 is 0 Å². The van der Waals surface area contributed by atoms with Crippen molar-refractivity contribution in [2.75, 3.05) is 38.2 Å². The van der Waals surface area contributed by atoms with E-state index >= 15 is 0 Å². The van der Waals surface area contributed by atoms with Crippen molar-refractivity contribution in [2.45, 2.75) is 19.9 Å². The van der Waals surface area contributed by atoms with Crippen molar-refractivity contribution in [1.82, 2.24) is 14.9 Å². The maximum absolute atomic E-state index is 5.31. The molecule has 1 aromatic heterocycles. The van der Waals surface area contributed by atoms with Crippen molar-refractivity contribution in [3.05, 3.63) is 18.1 Å². The third-order valence-electron chi connectivity index (χ3n) is 2.75. The molecule has 0 atom stereocenters. The van der Waals surface area contributed by atoms with E-state index in [-0.39, 0.29) is 0 Å². The van der Waals surface area contributed by atoms with E-state index in [2.05, 4.69) is 27.1 Å². The van der Waals surface area contributed by atoms with E-state index in [1.54, 1.807) is 0 Å². The molecule has 1 aromatic rings. The maximum Gasteiger partial charge on any atom is 0.144 e. The molecule has 0 spiro atoms. The Morgan fingerprint density at radius 1 is 1.29 bits per heavy atom. The zero-order chi connectivity index (χ0) is 11.9. The van der Waals surface area contributed by atoms with E-state index in [4.69, 9.17) is 4.74 Å². The minimum absolute atomic E-state index is 0.823. The minimum atomic E-state index is 0.823. The number of rotatable bonds is 5. The summed E-state index contributed by atoms with van der Waals surface area (Å²) in [5.41, 5.74) is 1.02. The van der Waals surface area contributed by atoms with Crippen molar-refractivity contribution in [2.24, 2.45) is 0 Å². The highest BCUT2D eigenvalue weighted by Gasteiger charge is 2.11. The Hall–Kier alpha value is -1.20. The molecule has 94 valence electrons. The average Bonchev–Trinajstić information content (AvgIpc) is 2.39. The number of aromatic nitrogens is 2. The summed E-state index contributed by atoms with van der Waals surface area (Å²) in [5.74, 6) is 0.859. The molecule has 1 aliphatic heterocycles. The van der Waals surface area contributed by atoms with Gasteiger partial charge in [0, 0.05) is 26.2 Å². The van der Waals surface area contributed by atoms with Crippen LogP contribution in [0, 0.1) is 0 Å². The van der Waals surface area contributed by atoms with Gasteiger partial charge in [-0.25, -0.2) is 4.98 Å². The van der Waals surface area contributed by atoms with Gasteiger partial charge in [0.1, 0.15) is 5.82 Å². The van der Waals surface area contributed by atoms with Crippen LogP contribution < -0.4 is 5.32 Å². The maximum atomic E-state index is 5.31. The summed E-state index contributed by atoms with van der Waals surface area (Å²) >= 11 is 0. The highest BCUT2D eigenvalue weighted by molar-refractivity contribution is 5.30. The number of hydrogen-bond donors (Lipinski definition) is 1. The summed E-state index contributed by atoms with van der Waals surface area (Å²) in [6.45, 7) is 7.55. The van der Waals surface area contributed by atoms with Crippen LogP contribution >= 0.6 is 0 Å². The second-order valence-electron chi connectivity index (χ2n) is 4.21. The second kappa shape index (κ2) is 6.51. The van der Waals surface area contributed by atoms with Crippen LogP contribution in [0.25, 0.3) is 0 Å². The van der Waals surface area contributed by atoms with Crippen molar-refractivity contribution in [3.63, 3.8) is 0 Å². The zero-order valence-corrected chi connectivity index (χ0v) is 10.4. The lowest BCUT2D eigenvalue weighted by atomic mass is 10.3. The SMILES string of the molecule is CCCNc1cnc(CN2CCOCC2)cn1. The van der Waals surface area contributed by atoms with E-state index in [0.29, 0.717) is 0 Å². The molecular weight excluding hydrogens is 216 g/mol. The summed E-state index contributed by atoms with van der Waals surface area (Å²) < 4.78 is 5.31. The number of anilines is 1. The third kappa shape index (κ3) is 3.94. The Labute approximate surface area is 102 Å². The molecule has 0 aliphatic carbocycles. The largest absolute Gasteiger partial charge is 0.379 e. The van der Waals surface area contributed by atoms with Crippen molar-refractivity contribution < 1.29 is 4.74 Å². The first-order valence-corrected chi connectivity index (χ1v) is 6.23. The molecule has 0 aromatic carbocycles. The van der Waals surface area contributed by atoms with E-state index in [1.165, 1.54) is 0 Å². The van der Waals surface area contributed by atoms with Gasteiger partial charge in [0.15, 0.2) is 0 Å². The molecule has 0 unspecified atom stereocenters. The molecule has 0 bridgehead atoms. The third-order valence-corrected chi connectivity index (χ3v) is 2.75. The van der Waals surface area contributed by atoms with Crippen LogP contribution in [0.4, 0.5) is 5.82 Å². The summed E-state index contributed by atoms with van der Waals surface area (Å²) in [5, 5.41) is 3.22. The normalized spacial score (nSPS) is 17.0. The molecule has 1 fully saturated rings. The average molecular weight is 236 g/mol. The lowest BCUT2D eigenvalue weighted by molar-refractivity contribution is 0.0336. The van der Waals surface area contributed by atoms with Crippen LogP contribution in [-0.2, 0) is 11.3 Å². The van der Waals surface area contributed by atoms with Crippen LogP contribution in [0.1, 0.15) is 19.0 Å². The molecule has 5 nitrogen and oxygen atoms in total. The van der Waals surface area contributed by atoms with Crippen LogP contribution in [0.3, 0.4) is 0 Å². The Morgan fingerprint density at radius 2 is 2.12 bits per heavy atom. The predicted molar refractivity (Wildman–Crippen MR) is 66.9 cm³/mol. The Bertz CT molecular complexity index is 322. The highest BCUT2D eigenvalue weighted by atomic mass is 16.5. The molecule has 0 saturated carbocycles.